The van der Waals surface area contributed by atoms with Crippen LogP contribution in [-0.4, -0.2) is 41.5 Å². The molecule has 0 radical (unpaired) electrons. The van der Waals surface area contributed by atoms with Crippen LogP contribution in [0.25, 0.3) is 0 Å². The minimum Gasteiger partial charge on any atom is -0.393 e. The van der Waals surface area contributed by atoms with E-state index in [0.29, 0.717) is 11.5 Å². The number of hydrogen-bond donors (Lipinski definition) is 2. The first-order chi connectivity index (χ1) is 8.29. The lowest BCUT2D eigenvalue weighted by Gasteiger charge is -2.27. The zero-order valence-corrected chi connectivity index (χ0v) is 13.0. The van der Waals surface area contributed by atoms with E-state index in [-0.39, 0.29) is 23.9 Å². The molecule has 0 bridgehead atoms. The third-order valence-electron chi connectivity index (χ3n) is 3.20. The van der Waals surface area contributed by atoms with Crippen LogP contribution in [0.2, 0.25) is 0 Å². The van der Waals surface area contributed by atoms with Crippen molar-refractivity contribution in [3.05, 3.63) is 0 Å². The largest absolute Gasteiger partial charge is 0.393 e. The number of amides is 1. The fourth-order valence-electron chi connectivity index (χ4n) is 1.75. The molecule has 3 atom stereocenters. The summed E-state index contributed by atoms with van der Waals surface area (Å²) in [6.07, 6.45) is 2.08. The predicted molar refractivity (Wildman–Crippen MR) is 80.6 cm³/mol. The highest BCUT2D eigenvalue weighted by Gasteiger charge is 2.21. The maximum atomic E-state index is 12.0. The average Bonchev–Trinajstić information content (AvgIpc) is 2.27. The van der Waals surface area contributed by atoms with Crippen molar-refractivity contribution < 1.29 is 4.79 Å². The van der Waals surface area contributed by atoms with Crippen LogP contribution in [0.15, 0.2) is 0 Å². The van der Waals surface area contributed by atoms with Crippen LogP contribution in [0.3, 0.4) is 0 Å². The van der Waals surface area contributed by atoms with Gasteiger partial charge in [-0.15, -0.1) is 0 Å². The number of likely N-dealkylation sites (N-methyl/N-ethyl adjacent to an activating group) is 1. The van der Waals surface area contributed by atoms with Crippen LogP contribution in [0.5, 0.6) is 0 Å². The Morgan fingerprint density at radius 1 is 1.39 bits per heavy atom. The molecule has 0 aromatic rings. The van der Waals surface area contributed by atoms with E-state index in [2.05, 4.69) is 12.2 Å². The number of nitrogens with zero attached hydrogens (tertiary/aromatic N) is 1. The van der Waals surface area contributed by atoms with Gasteiger partial charge in [0.05, 0.1) is 11.0 Å². The summed E-state index contributed by atoms with van der Waals surface area (Å²) in [5.41, 5.74) is 5.59. The average molecular weight is 273 g/mol. The molecular formula is C13H27N3OS. The Kier molecular flexibility index (Phi) is 8.11. The summed E-state index contributed by atoms with van der Waals surface area (Å²) in [6, 6.07) is 0.0625. The predicted octanol–water partition coefficient (Wildman–Crippen LogP) is 1.53. The Hall–Kier alpha value is -0.680. The van der Waals surface area contributed by atoms with Crippen LogP contribution >= 0.6 is 12.2 Å². The van der Waals surface area contributed by atoms with Gasteiger partial charge in [0.15, 0.2) is 0 Å². The number of carbonyl (C=O) groups excluding carboxylic acids is 1. The van der Waals surface area contributed by atoms with E-state index in [1.165, 1.54) is 0 Å². The Balaban J connectivity index is 4.23. The Morgan fingerprint density at radius 3 is 2.39 bits per heavy atom. The molecule has 0 spiro atoms. The molecule has 0 rings (SSSR count). The lowest BCUT2D eigenvalue weighted by Crippen LogP contribution is -2.48. The Labute approximate surface area is 116 Å². The van der Waals surface area contributed by atoms with Gasteiger partial charge in [0, 0.05) is 18.5 Å². The minimum atomic E-state index is -0.166. The van der Waals surface area contributed by atoms with Gasteiger partial charge < -0.3 is 11.1 Å². The van der Waals surface area contributed by atoms with Crippen molar-refractivity contribution >= 4 is 23.1 Å². The monoisotopic (exact) mass is 273 g/mol. The zero-order valence-electron chi connectivity index (χ0n) is 12.2. The van der Waals surface area contributed by atoms with Gasteiger partial charge in [-0.2, -0.15) is 0 Å². The van der Waals surface area contributed by atoms with Crippen LogP contribution < -0.4 is 11.1 Å². The highest BCUT2D eigenvalue weighted by molar-refractivity contribution is 7.80. The second-order valence-corrected chi connectivity index (χ2v) is 5.59. The highest BCUT2D eigenvalue weighted by Crippen LogP contribution is 2.04. The maximum Gasteiger partial charge on any atom is 0.237 e. The van der Waals surface area contributed by atoms with Crippen molar-refractivity contribution in [2.45, 2.75) is 52.6 Å². The summed E-state index contributed by atoms with van der Waals surface area (Å²) in [6.45, 7) is 8.73. The van der Waals surface area contributed by atoms with E-state index in [1.54, 1.807) is 0 Å². The molecule has 1 amide bonds. The van der Waals surface area contributed by atoms with Gasteiger partial charge in [0.25, 0.3) is 0 Å². The second-order valence-electron chi connectivity index (χ2n) is 5.12. The summed E-state index contributed by atoms with van der Waals surface area (Å²) in [4.78, 5) is 14.5. The first kappa shape index (κ1) is 17.3. The van der Waals surface area contributed by atoms with Gasteiger partial charge in [-0.25, -0.2) is 0 Å². The van der Waals surface area contributed by atoms with Crippen LogP contribution in [0.4, 0.5) is 0 Å². The van der Waals surface area contributed by atoms with Crippen LogP contribution in [-0.2, 0) is 4.79 Å². The molecular weight excluding hydrogens is 246 g/mol. The Bertz CT molecular complexity index is 283. The van der Waals surface area contributed by atoms with Gasteiger partial charge in [-0.1, -0.05) is 32.5 Å². The zero-order chi connectivity index (χ0) is 14.3. The van der Waals surface area contributed by atoms with Gasteiger partial charge in [0.2, 0.25) is 5.91 Å². The van der Waals surface area contributed by atoms with Crippen molar-refractivity contribution in [3.63, 3.8) is 0 Å². The van der Waals surface area contributed by atoms with Crippen LogP contribution in [0.1, 0.15) is 40.5 Å². The van der Waals surface area contributed by atoms with E-state index in [1.807, 2.05) is 32.7 Å². The van der Waals surface area contributed by atoms with Crippen molar-refractivity contribution in [3.8, 4) is 0 Å². The third kappa shape index (κ3) is 6.31. The maximum absolute atomic E-state index is 12.0. The van der Waals surface area contributed by atoms with Crippen LogP contribution in [0, 0.1) is 5.92 Å². The molecule has 0 aliphatic carbocycles. The van der Waals surface area contributed by atoms with E-state index < -0.39 is 0 Å². The standard InChI is InChI=1S/C13H27N3OS/c1-6-7-10(3)15-13(17)11(4)16(5)8-9(2)12(14)18/h9-11H,6-8H2,1-5H3,(H2,14,18)(H,15,17). The molecule has 0 saturated heterocycles. The third-order valence-corrected chi connectivity index (χ3v) is 3.60. The van der Waals surface area contributed by atoms with Crippen molar-refractivity contribution in [2.75, 3.05) is 13.6 Å². The molecule has 5 heteroatoms. The summed E-state index contributed by atoms with van der Waals surface area (Å²) < 4.78 is 0. The summed E-state index contributed by atoms with van der Waals surface area (Å²) in [5.74, 6) is 0.182. The number of nitrogens with one attached hydrogen (secondary N) is 1. The minimum absolute atomic E-state index is 0.0635. The van der Waals surface area contributed by atoms with Gasteiger partial charge in [-0.3, -0.25) is 9.69 Å². The first-order valence-electron chi connectivity index (χ1n) is 6.59. The molecule has 0 aromatic heterocycles. The lowest BCUT2D eigenvalue weighted by atomic mass is 10.1. The number of thiocarbonyl (C=S) groups is 1. The Morgan fingerprint density at radius 2 is 1.94 bits per heavy atom. The van der Waals surface area contributed by atoms with Gasteiger partial charge in [-0.05, 0) is 27.3 Å². The van der Waals surface area contributed by atoms with E-state index in [4.69, 9.17) is 18.0 Å². The fraction of sp³-hybridized carbons (Fsp3) is 0.846. The molecule has 106 valence electrons. The lowest BCUT2D eigenvalue weighted by molar-refractivity contribution is -0.126. The summed E-state index contributed by atoms with van der Waals surface area (Å²) >= 11 is 4.94. The molecule has 0 aromatic carbocycles. The smallest absolute Gasteiger partial charge is 0.237 e. The van der Waals surface area contributed by atoms with Crippen molar-refractivity contribution in [2.24, 2.45) is 11.7 Å². The van der Waals surface area contributed by atoms with Gasteiger partial charge >= 0.3 is 0 Å². The normalized spacial score (nSPS) is 16.1. The SMILES string of the molecule is CCCC(C)NC(=O)C(C)N(C)CC(C)C(N)=S. The topological polar surface area (TPSA) is 58.4 Å². The molecule has 0 aliphatic heterocycles. The molecule has 18 heavy (non-hydrogen) atoms. The molecule has 0 heterocycles. The van der Waals surface area contributed by atoms with Crippen molar-refractivity contribution in [1.82, 2.24) is 10.2 Å². The summed E-state index contributed by atoms with van der Waals surface area (Å²) in [5, 5.41) is 3.02. The number of nitrogens with two attached hydrogens (primary N) is 1. The van der Waals surface area contributed by atoms with Crippen molar-refractivity contribution in [1.29, 1.82) is 0 Å². The quantitative estimate of drug-likeness (QED) is 0.659. The number of rotatable bonds is 8. The molecule has 4 nitrogen and oxygen atoms in total. The van der Waals surface area contributed by atoms with Gasteiger partial charge in [0.1, 0.15) is 0 Å². The highest BCUT2D eigenvalue weighted by atomic mass is 32.1. The fourth-order valence-corrected chi connectivity index (χ4v) is 1.82. The van der Waals surface area contributed by atoms with E-state index in [0.717, 1.165) is 12.8 Å². The molecule has 0 saturated carbocycles. The number of carbonyl (C=O) groups is 1. The second kappa shape index (κ2) is 8.43. The molecule has 3 unspecified atom stereocenters. The number of hydrogen-bond acceptors (Lipinski definition) is 3. The van der Waals surface area contributed by atoms with E-state index >= 15 is 0 Å². The molecule has 0 aliphatic rings. The van der Waals surface area contributed by atoms with E-state index in [9.17, 15) is 4.79 Å². The molecule has 0 fully saturated rings. The molecule has 3 N–H and O–H groups in total. The summed E-state index contributed by atoms with van der Waals surface area (Å²) in [7, 11) is 1.92. The first-order valence-corrected chi connectivity index (χ1v) is 7.00.